The normalized spacial score (nSPS) is 9.93. The highest BCUT2D eigenvalue weighted by Gasteiger charge is 2.02. The summed E-state index contributed by atoms with van der Waals surface area (Å²) in [5.74, 6) is 0.919. The lowest BCUT2D eigenvalue weighted by Gasteiger charge is -2.06. The van der Waals surface area contributed by atoms with Crippen LogP contribution in [0.25, 0.3) is 0 Å². The molecular formula is C11H14O2S. The number of ketones is 1. The first-order valence-corrected chi connectivity index (χ1v) is 5.01. The molecule has 0 unspecified atom stereocenters. The molecule has 1 aromatic rings. The van der Waals surface area contributed by atoms with Crippen LogP contribution >= 0.6 is 12.6 Å². The van der Waals surface area contributed by atoms with Gasteiger partial charge in [0, 0.05) is 11.3 Å². The van der Waals surface area contributed by atoms with E-state index >= 15 is 0 Å². The van der Waals surface area contributed by atoms with Gasteiger partial charge in [0.05, 0.1) is 6.61 Å². The fourth-order valence-electron chi connectivity index (χ4n) is 1.28. The van der Waals surface area contributed by atoms with Crippen LogP contribution < -0.4 is 4.74 Å². The lowest BCUT2D eigenvalue weighted by atomic mass is 10.1. The molecule has 0 bridgehead atoms. The number of hydrogen-bond acceptors (Lipinski definition) is 3. The predicted octanol–water partition coefficient (Wildman–Crippen LogP) is 2.51. The Morgan fingerprint density at radius 3 is 2.71 bits per heavy atom. The van der Waals surface area contributed by atoms with Crippen LogP contribution in [0.1, 0.15) is 19.4 Å². The summed E-state index contributed by atoms with van der Waals surface area (Å²) in [6.45, 7) is 4.12. The highest BCUT2D eigenvalue weighted by molar-refractivity contribution is 7.80. The number of Topliss-reactive ketones (excluding diaryl/α,β-unsaturated/α-hetero) is 1. The van der Waals surface area contributed by atoms with E-state index in [1.807, 2.05) is 25.1 Å². The van der Waals surface area contributed by atoms with Crippen molar-refractivity contribution in [3.63, 3.8) is 0 Å². The van der Waals surface area contributed by atoms with Crippen LogP contribution in [-0.4, -0.2) is 12.4 Å². The summed E-state index contributed by atoms with van der Waals surface area (Å²) in [6.07, 6.45) is 0.439. The van der Waals surface area contributed by atoms with Crippen LogP contribution in [0.3, 0.4) is 0 Å². The van der Waals surface area contributed by atoms with Gasteiger partial charge in [0.1, 0.15) is 11.5 Å². The number of thiol groups is 1. The average molecular weight is 210 g/mol. The Morgan fingerprint density at radius 2 is 2.14 bits per heavy atom. The van der Waals surface area contributed by atoms with Gasteiger partial charge in [-0.3, -0.25) is 4.79 Å². The molecular weight excluding hydrogens is 196 g/mol. The van der Waals surface area contributed by atoms with Crippen molar-refractivity contribution in [2.45, 2.75) is 25.2 Å². The monoisotopic (exact) mass is 210 g/mol. The zero-order chi connectivity index (χ0) is 10.6. The highest BCUT2D eigenvalue weighted by Crippen LogP contribution is 2.20. The number of hydrogen-bond donors (Lipinski definition) is 1. The molecule has 0 fully saturated rings. The van der Waals surface area contributed by atoms with Crippen molar-refractivity contribution in [3.8, 4) is 5.75 Å². The van der Waals surface area contributed by atoms with Crippen LogP contribution in [0.2, 0.25) is 0 Å². The van der Waals surface area contributed by atoms with Gasteiger partial charge in [-0.1, -0.05) is 0 Å². The van der Waals surface area contributed by atoms with Crippen molar-refractivity contribution in [2.75, 3.05) is 6.61 Å². The van der Waals surface area contributed by atoms with E-state index in [0.29, 0.717) is 13.0 Å². The molecule has 0 aliphatic carbocycles. The minimum atomic E-state index is 0.145. The molecule has 0 atom stereocenters. The van der Waals surface area contributed by atoms with Crippen LogP contribution in [-0.2, 0) is 11.2 Å². The van der Waals surface area contributed by atoms with Crippen molar-refractivity contribution in [1.82, 2.24) is 0 Å². The molecule has 3 heteroatoms. The molecule has 0 saturated carbocycles. The standard InChI is InChI=1S/C11H14O2S/c1-3-13-10-5-9(4-8(2)12)6-11(14)7-10/h5-7,14H,3-4H2,1-2H3. The first-order valence-electron chi connectivity index (χ1n) is 4.57. The fourth-order valence-corrected chi connectivity index (χ4v) is 1.58. The summed E-state index contributed by atoms with van der Waals surface area (Å²) in [4.78, 5) is 11.8. The van der Waals surface area contributed by atoms with E-state index < -0.39 is 0 Å². The molecule has 0 N–H and O–H groups in total. The molecule has 0 saturated heterocycles. The van der Waals surface area contributed by atoms with Gasteiger partial charge in [0.25, 0.3) is 0 Å². The van der Waals surface area contributed by atoms with Gasteiger partial charge in [0.2, 0.25) is 0 Å². The Balaban J connectivity index is 2.88. The number of ether oxygens (including phenoxy) is 1. The molecule has 1 aromatic carbocycles. The van der Waals surface area contributed by atoms with Crippen molar-refractivity contribution in [3.05, 3.63) is 23.8 Å². The molecule has 0 amide bonds. The number of carbonyl (C=O) groups excluding carboxylic acids is 1. The lowest BCUT2D eigenvalue weighted by molar-refractivity contribution is -0.116. The molecule has 14 heavy (non-hydrogen) atoms. The van der Waals surface area contributed by atoms with E-state index in [2.05, 4.69) is 12.6 Å². The van der Waals surface area contributed by atoms with Crippen molar-refractivity contribution in [2.24, 2.45) is 0 Å². The van der Waals surface area contributed by atoms with Gasteiger partial charge in [-0.2, -0.15) is 0 Å². The Hall–Kier alpha value is -0.960. The second-order valence-corrected chi connectivity index (χ2v) is 3.66. The second-order valence-electron chi connectivity index (χ2n) is 3.15. The zero-order valence-electron chi connectivity index (χ0n) is 8.41. The smallest absolute Gasteiger partial charge is 0.134 e. The second kappa shape index (κ2) is 5.05. The Bertz CT molecular complexity index is 334. The van der Waals surface area contributed by atoms with Gasteiger partial charge in [-0.15, -0.1) is 12.6 Å². The molecule has 2 nitrogen and oxygen atoms in total. The molecule has 76 valence electrons. The number of benzene rings is 1. The summed E-state index contributed by atoms with van der Waals surface area (Å²) >= 11 is 4.25. The van der Waals surface area contributed by atoms with Crippen LogP contribution in [0.15, 0.2) is 23.1 Å². The summed E-state index contributed by atoms with van der Waals surface area (Å²) in [7, 11) is 0. The third kappa shape index (κ3) is 3.42. The van der Waals surface area contributed by atoms with Crippen LogP contribution in [0, 0.1) is 0 Å². The van der Waals surface area contributed by atoms with Crippen molar-refractivity contribution in [1.29, 1.82) is 0 Å². The summed E-state index contributed by atoms with van der Waals surface area (Å²) in [5.41, 5.74) is 0.952. The van der Waals surface area contributed by atoms with Crippen LogP contribution in [0.5, 0.6) is 5.75 Å². The van der Waals surface area contributed by atoms with E-state index in [0.717, 1.165) is 16.2 Å². The molecule has 0 aliphatic rings. The van der Waals surface area contributed by atoms with Gasteiger partial charge in [0.15, 0.2) is 0 Å². The predicted molar refractivity (Wildman–Crippen MR) is 59.2 cm³/mol. The third-order valence-electron chi connectivity index (χ3n) is 1.72. The first kappa shape index (κ1) is 11.1. The molecule has 0 radical (unpaired) electrons. The lowest BCUT2D eigenvalue weighted by Crippen LogP contribution is -1.98. The Labute approximate surface area is 89.7 Å². The largest absolute Gasteiger partial charge is 0.494 e. The van der Waals surface area contributed by atoms with Crippen LogP contribution in [0.4, 0.5) is 0 Å². The molecule has 0 aromatic heterocycles. The SMILES string of the molecule is CCOc1cc(S)cc(CC(C)=O)c1. The highest BCUT2D eigenvalue weighted by atomic mass is 32.1. The molecule has 1 rings (SSSR count). The maximum Gasteiger partial charge on any atom is 0.134 e. The number of rotatable bonds is 4. The summed E-state index contributed by atoms with van der Waals surface area (Å²) in [5, 5.41) is 0. The van der Waals surface area contributed by atoms with E-state index in [9.17, 15) is 4.79 Å². The topological polar surface area (TPSA) is 26.3 Å². The molecule has 0 aliphatic heterocycles. The van der Waals surface area contributed by atoms with Gasteiger partial charge < -0.3 is 4.74 Å². The van der Waals surface area contributed by atoms with E-state index in [1.165, 1.54) is 0 Å². The van der Waals surface area contributed by atoms with Gasteiger partial charge in [-0.25, -0.2) is 0 Å². The Kier molecular flexibility index (Phi) is 4.01. The quantitative estimate of drug-likeness (QED) is 0.773. The maximum absolute atomic E-state index is 10.9. The van der Waals surface area contributed by atoms with E-state index in [1.54, 1.807) is 6.92 Å². The molecule has 0 heterocycles. The minimum absolute atomic E-state index is 0.145. The minimum Gasteiger partial charge on any atom is -0.494 e. The summed E-state index contributed by atoms with van der Waals surface area (Å²) in [6, 6.07) is 5.61. The maximum atomic E-state index is 10.9. The third-order valence-corrected chi connectivity index (χ3v) is 1.97. The van der Waals surface area contributed by atoms with E-state index in [-0.39, 0.29) is 5.78 Å². The van der Waals surface area contributed by atoms with Crippen molar-refractivity contribution < 1.29 is 9.53 Å². The Morgan fingerprint density at radius 1 is 1.43 bits per heavy atom. The average Bonchev–Trinajstić information content (AvgIpc) is 2.01. The van der Waals surface area contributed by atoms with Gasteiger partial charge in [-0.05, 0) is 37.6 Å². The fraction of sp³-hybridized carbons (Fsp3) is 0.364. The number of carbonyl (C=O) groups is 1. The van der Waals surface area contributed by atoms with Gasteiger partial charge >= 0.3 is 0 Å². The summed E-state index contributed by atoms with van der Waals surface area (Å²) < 4.78 is 5.35. The molecule has 0 spiro atoms. The van der Waals surface area contributed by atoms with E-state index in [4.69, 9.17) is 4.74 Å². The first-order chi connectivity index (χ1) is 6.61. The van der Waals surface area contributed by atoms with Crippen molar-refractivity contribution >= 4 is 18.4 Å². The zero-order valence-corrected chi connectivity index (χ0v) is 9.30.